The van der Waals surface area contributed by atoms with Crippen molar-refractivity contribution in [1.29, 1.82) is 0 Å². The number of carbonyl (C=O) groups is 1. The number of benzene rings is 1. The van der Waals surface area contributed by atoms with Crippen molar-refractivity contribution in [3.8, 4) is 11.4 Å². The minimum Gasteiger partial charge on any atom is -0.347 e. The number of hydrogen-bond acceptors (Lipinski definition) is 5. The van der Waals surface area contributed by atoms with Crippen molar-refractivity contribution >= 4 is 5.91 Å². The molecule has 1 aromatic carbocycles. The summed E-state index contributed by atoms with van der Waals surface area (Å²) >= 11 is 0. The van der Waals surface area contributed by atoms with Crippen LogP contribution in [0.3, 0.4) is 0 Å². The molecule has 1 aliphatic heterocycles. The Morgan fingerprint density at radius 1 is 1.10 bits per heavy atom. The maximum Gasteiger partial charge on any atom is 0.246 e. The number of unbranched alkanes of at least 4 members (excludes halogenated alkanes) is 7. The van der Waals surface area contributed by atoms with Crippen LogP contribution in [0.2, 0.25) is 0 Å². The number of hydrogen-bond donors (Lipinski definition) is 2. The van der Waals surface area contributed by atoms with Crippen molar-refractivity contribution in [2.45, 2.75) is 84.1 Å². The van der Waals surface area contributed by atoms with Gasteiger partial charge in [0.2, 0.25) is 17.6 Å². The molecule has 1 aromatic heterocycles. The van der Waals surface area contributed by atoms with Crippen LogP contribution in [-0.4, -0.2) is 29.1 Å². The molecule has 1 atom stereocenters. The average Bonchev–Trinajstić information content (AvgIpc) is 3.29. The summed E-state index contributed by atoms with van der Waals surface area (Å²) in [7, 11) is 0. The number of nitrogens with zero attached hydrogens (tertiary/aromatic N) is 2. The van der Waals surface area contributed by atoms with E-state index in [0.29, 0.717) is 11.7 Å². The maximum absolute atomic E-state index is 12.2. The summed E-state index contributed by atoms with van der Waals surface area (Å²) in [6.07, 6.45) is 13.8. The molecule has 0 radical (unpaired) electrons. The van der Waals surface area contributed by atoms with E-state index in [0.717, 1.165) is 37.9 Å². The number of rotatable bonds is 13. The summed E-state index contributed by atoms with van der Waals surface area (Å²) in [6.45, 7) is 4.28. The molecule has 2 aromatic rings. The van der Waals surface area contributed by atoms with E-state index >= 15 is 0 Å². The highest BCUT2D eigenvalue weighted by Gasteiger charge is 2.21. The summed E-state index contributed by atoms with van der Waals surface area (Å²) in [6, 6.07) is 8.43. The normalized spacial score (nSPS) is 16.4. The van der Waals surface area contributed by atoms with Crippen LogP contribution < -0.4 is 10.6 Å². The molecule has 2 N–H and O–H groups in total. The molecular formula is C25H38N4O2. The molecule has 1 unspecified atom stereocenters. The lowest BCUT2D eigenvalue weighted by Crippen LogP contribution is -2.40. The Hall–Kier alpha value is -2.21. The molecule has 0 saturated carbocycles. The van der Waals surface area contributed by atoms with Gasteiger partial charge in [-0.05, 0) is 37.8 Å². The van der Waals surface area contributed by atoms with E-state index in [4.69, 9.17) is 4.52 Å². The smallest absolute Gasteiger partial charge is 0.246 e. The van der Waals surface area contributed by atoms with Gasteiger partial charge in [0.1, 0.15) is 0 Å². The first-order valence-corrected chi connectivity index (χ1v) is 12.2. The van der Waals surface area contributed by atoms with Gasteiger partial charge in [-0.15, -0.1) is 0 Å². The summed E-state index contributed by atoms with van der Waals surface area (Å²) in [4.78, 5) is 16.7. The monoisotopic (exact) mass is 426 g/mol. The zero-order valence-electron chi connectivity index (χ0n) is 19.0. The van der Waals surface area contributed by atoms with Gasteiger partial charge >= 0.3 is 0 Å². The molecule has 6 nitrogen and oxygen atoms in total. The zero-order chi connectivity index (χ0) is 21.7. The van der Waals surface area contributed by atoms with Crippen LogP contribution >= 0.6 is 0 Å². The lowest BCUT2D eigenvalue weighted by atomic mass is 9.99. The van der Waals surface area contributed by atoms with Crippen LogP contribution in [-0.2, 0) is 17.8 Å². The van der Waals surface area contributed by atoms with Crippen molar-refractivity contribution in [3.05, 3.63) is 35.7 Å². The molecule has 1 saturated heterocycles. The van der Waals surface area contributed by atoms with Crippen LogP contribution in [0.25, 0.3) is 11.4 Å². The third kappa shape index (κ3) is 8.09. The lowest BCUT2D eigenvalue weighted by Gasteiger charge is -2.21. The number of aryl methyl sites for hydroxylation is 1. The summed E-state index contributed by atoms with van der Waals surface area (Å²) < 4.78 is 5.32. The van der Waals surface area contributed by atoms with Gasteiger partial charge in [-0.3, -0.25) is 4.79 Å². The van der Waals surface area contributed by atoms with Crippen LogP contribution in [0.5, 0.6) is 0 Å². The quantitative estimate of drug-likeness (QED) is 0.439. The summed E-state index contributed by atoms with van der Waals surface area (Å²) in [5.41, 5.74) is 2.30. The van der Waals surface area contributed by atoms with Crippen molar-refractivity contribution in [1.82, 2.24) is 20.8 Å². The second-order valence-corrected chi connectivity index (χ2v) is 8.69. The van der Waals surface area contributed by atoms with Crippen molar-refractivity contribution in [2.75, 3.05) is 13.1 Å². The fourth-order valence-corrected chi connectivity index (χ4v) is 4.11. The second kappa shape index (κ2) is 13.3. The zero-order valence-corrected chi connectivity index (χ0v) is 19.0. The molecule has 170 valence electrons. The van der Waals surface area contributed by atoms with E-state index in [1.165, 1.54) is 56.9 Å². The van der Waals surface area contributed by atoms with Gasteiger partial charge in [-0.2, -0.15) is 4.98 Å². The highest BCUT2D eigenvalue weighted by atomic mass is 16.5. The lowest BCUT2D eigenvalue weighted by molar-refractivity contribution is -0.125. The van der Waals surface area contributed by atoms with E-state index in [1.807, 2.05) is 0 Å². The highest BCUT2D eigenvalue weighted by Crippen LogP contribution is 2.18. The molecule has 2 heterocycles. The van der Waals surface area contributed by atoms with E-state index in [2.05, 4.69) is 52.0 Å². The molecule has 0 spiro atoms. The minimum absolute atomic E-state index is 0.0322. The maximum atomic E-state index is 12.2. The van der Waals surface area contributed by atoms with Crippen molar-refractivity contribution in [2.24, 2.45) is 5.92 Å². The SMILES string of the molecule is CCCCCCCCCCc1ccc(-c2noc(CNC(=O)C3CCCNC3)n2)cc1. The van der Waals surface area contributed by atoms with E-state index in [1.54, 1.807) is 0 Å². The average molecular weight is 427 g/mol. The number of amides is 1. The van der Waals surface area contributed by atoms with Crippen molar-refractivity contribution in [3.63, 3.8) is 0 Å². The van der Waals surface area contributed by atoms with Gasteiger partial charge < -0.3 is 15.2 Å². The Morgan fingerprint density at radius 2 is 1.84 bits per heavy atom. The fraction of sp³-hybridized carbons (Fsp3) is 0.640. The van der Waals surface area contributed by atoms with Crippen molar-refractivity contribution < 1.29 is 9.32 Å². The van der Waals surface area contributed by atoms with Gasteiger partial charge in [0, 0.05) is 12.1 Å². The van der Waals surface area contributed by atoms with Gasteiger partial charge in [0.25, 0.3) is 0 Å². The molecular weight excluding hydrogens is 388 g/mol. The third-order valence-electron chi connectivity index (χ3n) is 6.08. The molecule has 0 bridgehead atoms. The highest BCUT2D eigenvalue weighted by molar-refractivity contribution is 5.78. The van der Waals surface area contributed by atoms with Crippen LogP contribution in [0, 0.1) is 5.92 Å². The first-order chi connectivity index (χ1) is 15.3. The molecule has 3 rings (SSSR count). The predicted molar refractivity (Wildman–Crippen MR) is 123 cm³/mol. The topological polar surface area (TPSA) is 80.0 Å². The van der Waals surface area contributed by atoms with E-state index in [-0.39, 0.29) is 18.4 Å². The van der Waals surface area contributed by atoms with Gasteiger partial charge in [0.15, 0.2) is 0 Å². The Labute approximate surface area is 186 Å². The Bertz CT molecular complexity index is 766. The molecule has 31 heavy (non-hydrogen) atoms. The Balaban J connectivity index is 1.37. The number of carbonyl (C=O) groups excluding carboxylic acids is 1. The largest absolute Gasteiger partial charge is 0.347 e. The first kappa shape index (κ1) is 23.5. The fourth-order valence-electron chi connectivity index (χ4n) is 4.11. The van der Waals surface area contributed by atoms with Crippen LogP contribution in [0.4, 0.5) is 0 Å². The number of aromatic nitrogens is 2. The van der Waals surface area contributed by atoms with Crippen LogP contribution in [0.15, 0.2) is 28.8 Å². The molecule has 1 fully saturated rings. The minimum atomic E-state index is 0.0322. The standard InChI is InChI=1S/C25H38N4O2/c1-2-3-4-5-6-7-8-9-11-20-13-15-21(16-14-20)24-28-23(31-29-24)19-27-25(30)22-12-10-17-26-18-22/h13-16,22,26H,2-12,17-19H2,1H3,(H,27,30). The third-order valence-corrected chi connectivity index (χ3v) is 6.08. The summed E-state index contributed by atoms with van der Waals surface area (Å²) in [5.74, 6) is 1.10. The second-order valence-electron chi connectivity index (χ2n) is 8.69. The molecule has 1 aliphatic rings. The molecule has 1 amide bonds. The Morgan fingerprint density at radius 3 is 2.55 bits per heavy atom. The van der Waals surface area contributed by atoms with Gasteiger partial charge in [-0.1, -0.05) is 81.3 Å². The molecule has 6 heteroatoms. The van der Waals surface area contributed by atoms with Gasteiger partial charge in [-0.25, -0.2) is 0 Å². The van der Waals surface area contributed by atoms with Crippen LogP contribution in [0.1, 0.15) is 82.6 Å². The van der Waals surface area contributed by atoms with E-state index in [9.17, 15) is 4.79 Å². The van der Waals surface area contributed by atoms with Gasteiger partial charge in [0.05, 0.1) is 12.5 Å². The van der Waals surface area contributed by atoms with E-state index < -0.39 is 0 Å². The number of nitrogens with one attached hydrogen (secondary N) is 2. The Kier molecular flexibility index (Phi) is 10.0. The summed E-state index contributed by atoms with van der Waals surface area (Å²) in [5, 5.41) is 10.2. The first-order valence-electron chi connectivity index (χ1n) is 12.2. The number of piperidine rings is 1. The predicted octanol–water partition coefficient (Wildman–Crippen LogP) is 5.04. The molecule has 0 aliphatic carbocycles.